The molecule has 2 atom stereocenters. The maximum atomic E-state index is 12.4. The second kappa shape index (κ2) is 5.51. The Bertz CT molecular complexity index is 587. The molecule has 1 aliphatic heterocycles. The van der Waals surface area contributed by atoms with Gasteiger partial charge in [-0.25, -0.2) is 8.42 Å². The number of carbonyl (C=O) groups is 1. The van der Waals surface area contributed by atoms with E-state index in [2.05, 4.69) is 5.10 Å². The van der Waals surface area contributed by atoms with Crippen LogP contribution in [0, 0.1) is 0 Å². The standard InChI is InChI=1S/C11H17N3O5S/c1-8-4-14(5-9(2)19-8)20(17,18)10-3-12-13(6-10)7-11(15)16/h3,6,8-9H,4-5,7H2,1-2H3,(H,15,16)/t8-,9+. The van der Waals surface area contributed by atoms with Crippen molar-refractivity contribution in [3.05, 3.63) is 12.4 Å². The van der Waals surface area contributed by atoms with Crippen LogP contribution in [0.3, 0.4) is 0 Å². The third kappa shape index (κ3) is 3.17. The largest absolute Gasteiger partial charge is 0.480 e. The second-order valence-corrected chi connectivity index (χ2v) is 6.78. The van der Waals surface area contributed by atoms with Crippen LogP contribution >= 0.6 is 0 Å². The molecule has 0 unspecified atom stereocenters. The van der Waals surface area contributed by atoms with Crippen molar-refractivity contribution in [2.45, 2.75) is 37.5 Å². The highest BCUT2D eigenvalue weighted by molar-refractivity contribution is 7.89. The van der Waals surface area contributed by atoms with Gasteiger partial charge in [0.25, 0.3) is 0 Å². The summed E-state index contributed by atoms with van der Waals surface area (Å²) in [4.78, 5) is 10.6. The predicted octanol–water partition coefficient (Wildman–Crippen LogP) is -0.234. The van der Waals surface area contributed by atoms with Gasteiger partial charge in [-0.05, 0) is 13.8 Å². The first-order valence-electron chi connectivity index (χ1n) is 6.19. The van der Waals surface area contributed by atoms with Gasteiger partial charge >= 0.3 is 5.97 Å². The quantitative estimate of drug-likeness (QED) is 0.824. The van der Waals surface area contributed by atoms with Crippen molar-refractivity contribution in [2.75, 3.05) is 13.1 Å². The molecule has 0 aliphatic carbocycles. The van der Waals surface area contributed by atoms with Crippen LogP contribution in [0.15, 0.2) is 17.3 Å². The molecule has 1 aromatic rings. The Labute approximate surface area is 117 Å². The fraction of sp³-hybridized carbons (Fsp3) is 0.636. The molecule has 0 saturated carbocycles. The molecule has 1 aliphatic rings. The second-order valence-electron chi connectivity index (χ2n) is 4.85. The van der Waals surface area contributed by atoms with Crippen molar-refractivity contribution in [1.29, 1.82) is 0 Å². The van der Waals surface area contributed by atoms with Crippen molar-refractivity contribution in [1.82, 2.24) is 14.1 Å². The van der Waals surface area contributed by atoms with Crippen molar-refractivity contribution < 1.29 is 23.1 Å². The summed E-state index contributed by atoms with van der Waals surface area (Å²) in [6.07, 6.45) is 2.04. The Hall–Kier alpha value is -1.45. The Morgan fingerprint density at radius 3 is 2.60 bits per heavy atom. The Morgan fingerprint density at radius 1 is 1.45 bits per heavy atom. The number of aromatic nitrogens is 2. The lowest BCUT2D eigenvalue weighted by Gasteiger charge is -2.34. The number of carboxylic acid groups (broad SMARTS) is 1. The van der Waals surface area contributed by atoms with Gasteiger partial charge in [0.05, 0.1) is 18.4 Å². The highest BCUT2D eigenvalue weighted by Gasteiger charge is 2.33. The van der Waals surface area contributed by atoms with Crippen molar-refractivity contribution in [2.24, 2.45) is 0 Å². The maximum Gasteiger partial charge on any atom is 0.325 e. The number of carboxylic acids is 1. The van der Waals surface area contributed by atoms with E-state index in [0.717, 1.165) is 4.68 Å². The van der Waals surface area contributed by atoms with E-state index < -0.39 is 16.0 Å². The molecule has 0 bridgehead atoms. The SMILES string of the molecule is C[C@@H]1CN(S(=O)(=O)c2cnn(CC(=O)O)c2)C[C@H](C)O1. The first-order chi connectivity index (χ1) is 9.29. The zero-order chi connectivity index (χ0) is 14.9. The number of hydrogen-bond acceptors (Lipinski definition) is 5. The summed E-state index contributed by atoms with van der Waals surface area (Å²) < 4.78 is 32.8. The number of hydrogen-bond donors (Lipinski definition) is 1. The van der Waals surface area contributed by atoms with Crippen LogP contribution in [-0.2, 0) is 26.1 Å². The van der Waals surface area contributed by atoms with E-state index in [1.807, 2.05) is 13.8 Å². The molecule has 8 nitrogen and oxygen atoms in total. The van der Waals surface area contributed by atoms with Gasteiger partial charge in [-0.1, -0.05) is 0 Å². The van der Waals surface area contributed by atoms with Gasteiger partial charge in [0.1, 0.15) is 11.4 Å². The van der Waals surface area contributed by atoms with E-state index in [1.54, 1.807) is 0 Å². The third-order valence-electron chi connectivity index (χ3n) is 2.93. The first kappa shape index (κ1) is 14.9. The molecule has 1 N–H and O–H groups in total. The van der Waals surface area contributed by atoms with Gasteiger partial charge in [0, 0.05) is 19.3 Å². The van der Waals surface area contributed by atoms with E-state index in [0.29, 0.717) is 0 Å². The molecule has 20 heavy (non-hydrogen) atoms. The van der Waals surface area contributed by atoms with Crippen molar-refractivity contribution >= 4 is 16.0 Å². The molecule has 112 valence electrons. The van der Waals surface area contributed by atoms with Gasteiger partial charge in [-0.2, -0.15) is 9.40 Å². The minimum atomic E-state index is -3.67. The average molecular weight is 303 g/mol. The lowest BCUT2D eigenvalue weighted by atomic mass is 10.3. The highest BCUT2D eigenvalue weighted by Crippen LogP contribution is 2.20. The van der Waals surface area contributed by atoms with Crippen molar-refractivity contribution in [3.63, 3.8) is 0 Å². The molecule has 0 radical (unpaired) electrons. The maximum absolute atomic E-state index is 12.4. The lowest BCUT2D eigenvalue weighted by Crippen LogP contribution is -2.48. The van der Waals surface area contributed by atoms with Crippen LogP contribution in [0.1, 0.15) is 13.8 Å². The van der Waals surface area contributed by atoms with Crippen molar-refractivity contribution in [3.8, 4) is 0 Å². The molecular weight excluding hydrogens is 286 g/mol. The van der Waals surface area contributed by atoms with Crippen LogP contribution < -0.4 is 0 Å². The average Bonchev–Trinajstić information content (AvgIpc) is 2.75. The molecule has 1 aromatic heterocycles. The van der Waals surface area contributed by atoms with Crippen LogP contribution in [-0.4, -0.2) is 58.9 Å². The minimum Gasteiger partial charge on any atom is -0.480 e. The molecule has 1 fully saturated rings. The van der Waals surface area contributed by atoms with Crippen LogP contribution in [0.5, 0.6) is 0 Å². The summed E-state index contributed by atoms with van der Waals surface area (Å²) in [6, 6.07) is 0. The number of nitrogens with zero attached hydrogens (tertiary/aromatic N) is 3. The van der Waals surface area contributed by atoms with Gasteiger partial charge in [0.2, 0.25) is 10.0 Å². The van der Waals surface area contributed by atoms with Gasteiger partial charge in [-0.15, -0.1) is 0 Å². The van der Waals surface area contributed by atoms with Gasteiger partial charge in [-0.3, -0.25) is 9.48 Å². The summed E-state index contributed by atoms with van der Waals surface area (Å²) in [6.45, 7) is 3.80. The minimum absolute atomic E-state index is 0.0000463. The number of aliphatic carboxylic acids is 1. The summed E-state index contributed by atoms with van der Waals surface area (Å²) in [7, 11) is -3.67. The topological polar surface area (TPSA) is 102 Å². The van der Waals surface area contributed by atoms with E-state index in [1.165, 1.54) is 16.7 Å². The number of rotatable bonds is 4. The monoisotopic (exact) mass is 303 g/mol. The van der Waals surface area contributed by atoms with E-state index >= 15 is 0 Å². The zero-order valence-electron chi connectivity index (χ0n) is 11.3. The van der Waals surface area contributed by atoms with Crippen LogP contribution in [0.2, 0.25) is 0 Å². The number of morpholine rings is 1. The molecule has 0 spiro atoms. The number of sulfonamides is 1. The third-order valence-corrected chi connectivity index (χ3v) is 4.72. The van der Waals surface area contributed by atoms with E-state index in [9.17, 15) is 13.2 Å². The molecule has 2 rings (SSSR count). The summed E-state index contributed by atoms with van der Waals surface area (Å²) in [5, 5.41) is 12.4. The van der Waals surface area contributed by atoms with Gasteiger partial charge < -0.3 is 9.84 Å². The summed E-state index contributed by atoms with van der Waals surface area (Å²) in [5.41, 5.74) is 0. The molecule has 1 saturated heterocycles. The molecule has 2 heterocycles. The lowest BCUT2D eigenvalue weighted by molar-refractivity contribution is -0.137. The smallest absolute Gasteiger partial charge is 0.325 e. The Balaban J connectivity index is 2.21. The highest BCUT2D eigenvalue weighted by atomic mass is 32.2. The zero-order valence-corrected chi connectivity index (χ0v) is 12.1. The molecular formula is C11H17N3O5S. The predicted molar refractivity (Wildman–Crippen MR) is 68.6 cm³/mol. The summed E-state index contributed by atoms with van der Waals surface area (Å²) >= 11 is 0. The Morgan fingerprint density at radius 2 is 2.05 bits per heavy atom. The van der Waals surface area contributed by atoms with Crippen LogP contribution in [0.4, 0.5) is 0 Å². The van der Waals surface area contributed by atoms with E-state index in [-0.39, 0.29) is 36.7 Å². The normalized spacial score (nSPS) is 24.7. The Kier molecular flexibility index (Phi) is 4.11. The molecule has 0 aromatic carbocycles. The fourth-order valence-electron chi connectivity index (χ4n) is 2.18. The van der Waals surface area contributed by atoms with Gasteiger partial charge in [0.15, 0.2) is 0 Å². The van der Waals surface area contributed by atoms with E-state index in [4.69, 9.17) is 9.84 Å². The van der Waals surface area contributed by atoms with Crippen LogP contribution in [0.25, 0.3) is 0 Å². The fourth-order valence-corrected chi connectivity index (χ4v) is 3.72. The molecule has 0 amide bonds. The molecule has 9 heteroatoms. The summed E-state index contributed by atoms with van der Waals surface area (Å²) in [5.74, 6) is -1.08. The number of ether oxygens (including phenoxy) is 1. The first-order valence-corrected chi connectivity index (χ1v) is 7.63.